The van der Waals surface area contributed by atoms with Crippen LogP contribution < -0.4 is 5.32 Å². The molecule has 2 aromatic carbocycles. The molecule has 2 aromatic rings. The fourth-order valence-electron chi connectivity index (χ4n) is 3.13. The van der Waals surface area contributed by atoms with Gasteiger partial charge in [0.25, 0.3) is 0 Å². The SMILES string of the molecule is Fc1ccc(Cl)cc1C1CCNCC1c1ccccc1Br. The van der Waals surface area contributed by atoms with Crippen LogP contribution in [0.5, 0.6) is 0 Å². The highest BCUT2D eigenvalue weighted by Crippen LogP contribution is 2.41. The average molecular weight is 369 g/mol. The van der Waals surface area contributed by atoms with E-state index in [4.69, 9.17) is 11.6 Å². The molecule has 0 spiro atoms. The summed E-state index contributed by atoms with van der Waals surface area (Å²) in [5, 5.41) is 4.01. The third kappa shape index (κ3) is 3.15. The molecule has 2 atom stereocenters. The summed E-state index contributed by atoms with van der Waals surface area (Å²) in [4.78, 5) is 0. The molecule has 1 heterocycles. The summed E-state index contributed by atoms with van der Waals surface area (Å²) in [6.45, 7) is 1.75. The molecule has 4 heteroatoms. The molecule has 3 rings (SSSR count). The fourth-order valence-corrected chi connectivity index (χ4v) is 3.89. The van der Waals surface area contributed by atoms with E-state index in [0.29, 0.717) is 5.02 Å². The minimum atomic E-state index is -0.164. The first kappa shape index (κ1) is 15.0. The Bertz CT molecular complexity index is 646. The van der Waals surface area contributed by atoms with Gasteiger partial charge in [0.1, 0.15) is 5.82 Å². The zero-order valence-corrected chi connectivity index (χ0v) is 13.8. The van der Waals surface area contributed by atoms with E-state index < -0.39 is 0 Å². The van der Waals surface area contributed by atoms with E-state index in [2.05, 4.69) is 27.3 Å². The Hall–Kier alpha value is -0.900. The van der Waals surface area contributed by atoms with Gasteiger partial charge in [-0.1, -0.05) is 45.7 Å². The predicted octanol–water partition coefficient (Wildman–Crippen LogP) is 5.10. The quantitative estimate of drug-likeness (QED) is 0.777. The van der Waals surface area contributed by atoms with Crippen LogP contribution >= 0.6 is 27.5 Å². The molecule has 1 aliphatic rings. The van der Waals surface area contributed by atoms with E-state index in [0.717, 1.165) is 29.5 Å². The van der Waals surface area contributed by atoms with Crippen molar-refractivity contribution >= 4 is 27.5 Å². The Kier molecular flexibility index (Phi) is 4.63. The monoisotopic (exact) mass is 367 g/mol. The third-order valence-corrected chi connectivity index (χ3v) is 5.10. The molecular formula is C17H16BrClFN. The van der Waals surface area contributed by atoms with Gasteiger partial charge in [-0.25, -0.2) is 4.39 Å². The van der Waals surface area contributed by atoms with E-state index in [1.54, 1.807) is 12.1 Å². The van der Waals surface area contributed by atoms with Gasteiger partial charge in [-0.3, -0.25) is 0 Å². The number of halogens is 3. The summed E-state index contributed by atoms with van der Waals surface area (Å²) in [5.74, 6) is 0.217. The van der Waals surface area contributed by atoms with Crippen molar-refractivity contribution in [3.05, 3.63) is 68.9 Å². The highest BCUT2D eigenvalue weighted by atomic mass is 79.9. The second-order valence-electron chi connectivity index (χ2n) is 5.39. The number of benzene rings is 2. The summed E-state index contributed by atoms with van der Waals surface area (Å²) in [7, 11) is 0. The average Bonchev–Trinajstić information content (AvgIpc) is 2.50. The van der Waals surface area contributed by atoms with Crippen LogP contribution in [-0.4, -0.2) is 13.1 Å². The molecule has 1 aliphatic heterocycles. The second-order valence-corrected chi connectivity index (χ2v) is 6.68. The van der Waals surface area contributed by atoms with Gasteiger partial charge in [-0.2, -0.15) is 0 Å². The molecule has 1 saturated heterocycles. The molecular weight excluding hydrogens is 353 g/mol. The lowest BCUT2D eigenvalue weighted by atomic mass is 9.77. The van der Waals surface area contributed by atoms with Crippen LogP contribution in [-0.2, 0) is 0 Å². The van der Waals surface area contributed by atoms with Gasteiger partial charge in [0.15, 0.2) is 0 Å². The minimum absolute atomic E-state index is 0.142. The van der Waals surface area contributed by atoms with E-state index in [1.807, 2.05) is 18.2 Å². The van der Waals surface area contributed by atoms with Crippen molar-refractivity contribution in [1.82, 2.24) is 5.32 Å². The number of rotatable bonds is 2. The van der Waals surface area contributed by atoms with Crippen molar-refractivity contribution in [3.8, 4) is 0 Å². The van der Waals surface area contributed by atoms with Crippen LogP contribution in [0.4, 0.5) is 4.39 Å². The first-order valence-corrected chi connectivity index (χ1v) is 8.24. The number of nitrogens with one attached hydrogen (secondary N) is 1. The topological polar surface area (TPSA) is 12.0 Å². The lowest BCUT2D eigenvalue weighted by Crippen LogP contribution is -2.34. The number of hydrogen-bond donors (Lipinski definition) is 1. The normalized spacial score (nSPS) is 22.2. The largest absolute Gasteiger partial charge is 0.316 e. The smallest absolute Gasteiger partial charge is 0.126 e. The summed E-state index contributed by atoms with van der Waals surface area (Å²) in [5.41, 5.74) is 1.94. The van der Waals surface area contributed by atoms with Crippen molar-refractivity contribution < 1.29 is 4.39 Å². The molecule has 1 N–H and O–H groups in total. The van der Waals surface area contributed by atoms with Gasteiger partial charge in [-0.15, -0.1) is 0 Å². The fraction of sp³-hybridized carbons (Fsp3) is 0.294. The molecule has 21 heavy (non-hydrogen) atoms. The molecule has 0 aliphatic carbocycles. The van der Waals surface area contributed by atoms with E-state index in [1.165, 1.54) is 11.6 Å². The highest BCUT2D eigenvalue weighted by Gasteiger charge is 2.30. The molecule has 1 nitrogen and oxygen atoms in total. The van der Waals surface area contributed by atoms with E-state index >= 15 is 0 Å². The molecule has 2 unspecified atom stereocenters. The van der Waals surface area contributed by atoms with Crippen molar-refractivity contribution in [2.45, 2.75) is 18.3 Å². The maximum Gasteiger partial charge on any atom is 0.126 e. The molecule has 0 radical (unpaired) electrons. The number of piperidine rings is 1. The van der Waals surface area contributed by atoms with E-state index in [9.17, 15) is 4.39 Å². The second kappa shape index (κ2) is 6.47. The van der Waals surface area contributed by atoms with Gasteiger partial charge in [0.2, 0.25) is 0 Å². The van der Waals surface area contributed by atoms with E-state index in [-0.39, 0.29) is 17.7 Å². The first-order valence-electron chi connectivity index (χ1n) is 7.07. The van der Waals surface area contributed by atoms with Crippen LogP contribution in [0.2, 0.25) is 5.02 Å². The van der Waals surface area contributed by atoms with Crippen molar-refractivity contribution in [1.29, 1.82) is 0 Å². The molecule has 0 amide bonds. The van der Waals surface area contributed by atoms with Crippen molar-refractivity contribution in [3.63, 3.8) is 0 Å². The lowest BCUT2D eigenvalue weighted by molar-refractivity contribution is 0.392. The Morgan fingerprint density at radius 1 is 1.10 bits per heavy atom. The Labute approximate surface area is 137 Å². The summed E-state index contributed by atoms with van der Waals surface area (Å²) in [6, 6.07) is 13.0. The zero-order valence-electron chi connectivity index (χ0n) is 11.5. The van der Waals surface area contributed by atoms with Crippen molar-refractivity contribution in [2.24, 2.45) is 0 Å². The zero-order chi connectivity index (χ0) is 14.8. The van der Waals surface area contributed by atoms with Crippen LogP contribution in [0.1, 0.15) is 29.4 Å². The Balaban J connectivity index is 2.02. The summed E-state index contributed by atoms with van der Waals surface area (Å²) in [6.07, 6.45) is 0.906. The molecule has 0 aromatic heterocycles. The third-order valence-electron chi connectivity index (χ3n) is 4.14. The van der Waals surface area contributed by atoms with Crippen LogP contribution in [0.3, 0.4) is 0 Å². The summed E-state index contributed by atoms with van der Waals surface area (Å²) >= 11 is 9.69. The predicted molar refractivity (Wildman–Crippen MR) is 88.5 cm³/mol. The van der Waals surface area contributed by atoms with Crippen LogP contribution in [0, 0.1) is 5.82 Å². The molecule has 1 fully saturated rings. The number of hydrogen-bond acceptors (Lipinski definition) is 1. The molecule has 110 valence electrons. The minimum Gasteiger partial charge on any atom is -0.316 e. The molecule has 0 bridgehead atoms. The van der Waals surface area contributed by atoms with Crippen LogP contribution in [0.25, 0.3) is 0 Å². The first-order chi connectivity index (χ1) is 10.2. The Morgan fingerprint density at radius 2 is 1.90 bits per heavy atom. The Morgan fingerprint density at radius 3 is 2.71 bits per heavy atom. The molecule has 0 saturated carbocycles. The van der Waals surface area contributed by atoms with Gasteiger partial charge >= 0.3 is 0 Å². The van der Waals surface area contributed by atoms with Gasteiger partial charge in [0.05, 0.1) is 0 Å². The van der Waals surface area contributed by atoms with Gasteiger partial charge in [-0.05, 0) is 54.3 Å². The highest BCUT2D eigenvalue weighted by molar-refractivity contribution is 9.10. The lowest BCUT2D eigenvalue weighted by Gasteiger charge is -2.33. The maximum absolute atomic E-state index is 14.3. The standard InChI is InChI=1S/C17H16BrClFN/c18-16-4-2-1-3-13(16)15-10-21-8-7-12(15)14-9-11(19)5-6-17(14)20/h1-6,9,12,15,21H,7-8,10H2. The maximum atomic E-state index is 14.3. The summed E-state index contributed by atoms with van der Waals surface area (Å²) < 4.78 is 15.3. The van der Waals surface area contributed by atoms with Crippen molar-refractivity contribution in [2.75, 3.05) is 13.1 Å². The van der Waals surface area contributed by atoms with Crippen LogP contribution in [0.15, 0.2) is 46.9 Å². The van der Waals surface area contributed by atoms with Gasteiger partial charge < -0.3 is 5.32 Å². The van der Waals surface area contributed by atoms with Gasteiger partial charge in [0, 0.05) is 22.0 Å².